The Labute approximate surface area is 212 Å². The maximum absolute atomic E-state index is 11.6. The molecule has 0 aliphatic heterocycles. The monoisotopic (exact) mass is 700 g/mol. The molecule has 4 rings (SSSR count). The van der Waals surface area contributed by atoms with E-state index in [-0.39, 0.29) is 41.9 Å². The first-order valence-corrected chi connectivity index (χ1v) is 10.4. The zero-order valence-electron chi connectivity index (χ0n) is 14.5. The number of nitrogens with zero attached hydrogens (tertiary/aromatic N) is 2. The maximum atomic E-state index is 11.6. The minimum absolute atomic E-state index is 0. The molecule has 0 unspecified atom stereocenters. The van der Waals surface area contributed by atoms with Gasteiger partial charge in [-0.2, -0.15) is 0 Å². The van der Waals surface area contributed by atoms with Crippen molar-refractivity contribution in [1.29, 1.82) is 0 Å². The Kier molecular flexibility index (Phi) is 12.0. The van der Waals surface area contributed by atoms with E-state index in [1.165, 1.54) is 0 Å². The van der Waals surface area contributed by atoms with E-state index in [0.29, 0.717) is 20.0 Å². The van der Waals surface area contributed by atoms with Crippen LogP contribution in [-0.2, 0) is 19.5 Å². The standard InChI is InChI=1S/2C9H5Br2NO.2H2O.Zn/c2*10-6-4-7(11)9(13)8-5(6)2-1-3-12-8;;;/h2*1-4,13H;2*1H2;/q;;;;+2/p-2. The molecule has 6 nitrogen and oxygen atoms in total. The molecular formula is C18H12Br4N2O4Zn. The van der Waals surface area contributed by atoms with Crippen LogP contribution in [0.5, 0.6) is 11.5 Å². The second-order valence-electron chi connectivity index (χ2n) is 5.14. The maximum Gasteiger partial charge on any atom is 2.00 e. The minimum Gasteiger partial charge on any atom is -0.870 e. The Bertz CT molecular complexity index is 1040. The molecule has 0 amide bonds. The third-order valence-electron chi connectivity index (χ3n) is 3.50. The Morgan fingerprint density at radius 2 is 0.966 bits per heavy atom. The van der Waals surface area contributed by atoms with Crippen molar-refractivity contribution in [3.63, 3.8) is 0 Å². The molecule has 0 saturated heterocycles. The van der Waals surface area contributed by atoms with Crippen LogP contribution in [0.2, 0.25) is 0 Å². The topological polar surface area (TPSA) is 135 Å². The molecule has 4 N–H and O–H groups in total. The van der Waals surface area contributed by atoms with Crippen molar-refractivity contribution >= 4 is 85.5 Å². The van der Waals surface area contributed by atoms with Crippen molar-refractivity contribution in [3.05, 3.63) is 66.7 Å². The van der Waals surface area contributed by atoms with Crippen LogP contribution in [0, 0.1) is 0 Å². The summed E-state index contributed by atoms with van der Waals surface area (Å²) in [5.74, 6) is -0.141. The quantitative estimate of drug-likeness (QED) is 0.256. The van der Waals surface area contributed by atoms with Gasteiger partial charge in [0.2, 0.25) is 0 Å². The van der Waals surface area contributed by atoms with E-state index in [1.54, 1.807) is 36.7 Å². The summed E-state index contributed by atoms with van der Waals surface area (Å²) >= 11 is 13.1. The fourth-order valence-corrected chi connectivity index (χ4v) is 4.84. The van der Waals surface area contributed by atoms with Gasteiger partial charge in [0.25, 0.3) is 0 Å². The number of hydrogen-bond acceptors (Lipinski definition) is 4. The first-order chi connectivity index (χ1) is 12.4. The first-order valence-electron chi connectivity index (χ1n) is 7.19. The number of halogens is 4. The molecular weight excluding hydrogens is 693 g/mol. The number of fused-ring (bicyclic) bond motifs is 2. The molecule has 29 heavy (non-hydrogen) atoms. The third-order valence-corrected chi connectivity index (χ3v) is 5.99. The number of hydrogen-bond donors (Lipinski definition) is 0. The number of rotatable bonds is 0. The Hall–Kier alpha value is -0.677. The van der Waals surface area contributed by atoms with Gasteiger partial charge in [-0.15, -0.1) is 0 Å². The average Bonchev–Trinajstić information content (AvgIpc) is 2.65. The van der Waals surface area contributed by atoms with Crippen molar-refractivity contribution < 1.29 is 40.6 Å². The van der Waals surface area contributed by atoms with Crippen LogP contribution in [0.3, 0.4) is 0 Å². The summed E-state index contributed by atoms with van der Waals surface area (Å²) in [6.07, 6.45) is 3.23. The van der Waals surface area contributed by atoms with Gasteiger partial charge in [-0.3, -0.25) is 9.97 Å². The van der Waals surface area contributed by atoms with Gasteiger partial charge in [-0.25, -0.2) is 0 Å². The molecule has 11 heteroatoms. The van der Waals surface area contributed by atoms with Gasteiger partial charge in [0.1, 0.15) is 0 Å². The summed E-state index contributed by atoms with van der Waals surface area (Å²) in [6.45, 7) is 0. The van der Waals surface area contributed by atoms with E-state index in [9.17, 15) is 10.2 Å². The van der Waals surface area contributed by atoms with E-state index in [2.05, 4.69) is 73.7 Å². The molecule has 0 atom stereocenters. The molecule has 0 aliphatic carbocycles. The Balaban J connectivity index is 0.000000490. The second-order valence-corrected chi connectivity index (χ2v) is 8.56. The summed E-state index contributed by atoms with van der Waals surface area (Å²) < 4.78 is 2.82. The van der Waals surface area contributed by atoms with Crippen molar-refractivity contribution in [2.24, 2.45) is 0 Å². The Morgan fingerprint density at radius 1 is 0.621 bits per heavy atom. The largest absolute Gasteiger partial charge is 2.00 e. The fraction of sp³-hybridized carbons (Fsp3) is 0. The van der Waals surface area contributed by atoms with Gasteiger partial charge in [-0.05, 0) is 24.3 Å². The Morgan fingerprint density at radius 3 is 1.31 bits per heavy atom. The van der Waals surface area contributed by atoms with Gasteiger partial charge >= 0.3 is 19.5 Å². The molecule has 0 aliphatic rings. The van der Waals surface area contributed by atoms with Gasteiger partial charge in [-0.1, -0.05) is 87.4 Å². The van der Waals surface area contributed by atoms with Crippen molar-refractivity contribution in [2.75, 3.05) is 0 Å². The smallest absolute Gasteiger partial charge is 0.870 e. The average molecular weight is 705 g/mol. The number of pyridine rings is 2. The van der Waals surface area contributed by atoms with E-state index < -0.39 is 0 Å². The van der Waals surface area contributed by atoms with Crippen molar-refractivity contribution in [2.45, 2.75) is 0 Å². The number of benzene rings is 2. The normalized spacial score (nSPS) is 9.52. The zero-order chi connectivity index (χ0) is 18.8. The molecule has 148 valence electrons. The van der Waals surface area contributed by atoms with E-state index in [0.717, 1.165) is 19.7 Å². The van der Waals surface area contributed by atoms with Crippen molar-refractivity contribution in [1.82, 2.24) is 9.97 Å². The molecule has 4 aromatic rings. The summed E-state index contributed by atoms with van der Waals surface area (Å²) in [4.78, 5) is 8.06. The SMILES string of the molecule is O.O.[O-]c1c(Br)cc(Br)c2cccnc12.[O-]c1c(Br)cc(Br)c2cccnc12.[Zn+2]. The summed E-state index contributed by atoms with van der Waals surface area (Å²) in [5, 5.41) is 24.8. The minimum atomic E-state index is -0.0706. The molecule has 2 aromatic heterocycles. The first kappa shape index (κ1) is 28.3. The summed E-state index contributed by atoms with van der Waals surface area (Å²) in [6, 6.07) is 10.8. The van der Waals surface area contributed by atoms with Crippen LogP contribution in [-0.4, -0.2) is 20.9 Å². The zero-order valence-corrected chi connectivity index (χ0v) is 23.9. The molecule has 0 saturated carbocycles. The van der Waals surface area contributed by atoms with Crippen LogP contribution < -0.4 is 10.2 Å². The fourth-order valence-electron chi connectivity index (χ4n) is 2.29. The van der Waals surface area contributed by atoms with E-state index >= 15 is 0 Å². The molecule has 0 radical (unpaired) electrons. The molecule has 2 aromatic carbocycles. The van der Waals surface area contributed by atoms with Crippen molar-refractivity contribution in [3.8, 4) is 11.5 Å². The third kappa shape index (κ3) is 6.16. The summed E-state index contributed by atoms with van der Waals surface area (Å²) in [7, 11) is 0. The van der Waals surface area contributed by atoms with Gasteiger partial charge in [0.05, 0.1) is 11.0 Å². The second kappa shape index (κ2) is 12.2. The van der Waals surface area contributed by atoms with E-state index in [1.807, 2.05) is 12.1 Å². The van der Waals surface area contributed by atoms with Gasteiger partial charge in [0, 0.05) is 41.1 Å². The van der Waals surface area contributed by atoms with E-state index in [4.69, 9.17) is 0 Å². The molecule has 0 bridgehead atoms. The van der Waals surface area contributed by atoms with Crippen LogP contribution in [0.15, 0.2) is 66.7 Å². The number of aromatic nitrogens is 2. The molecule has 0 fully saturated rings. The molecule has 0 spiro atoms. The van der Waals surface area contributed by atoms with Gasteiger partial charge in [0.15, 0.2) is 0 Å². The predicted octanol–water partition coefficient (Wildman–Crippen LogP) is 4.01. The van der Waals surface area contributed by atoms with Gasteiger partial charge < -0.3 is 21.2 Å². The van der Waals surface area contributed by atoms with Crippen LogP contribution >= 0.6 is 63.7 Å². The van der Waals surface area contributed by atoms with Crippen LogP contribution in [0.4, 0.5) is 0 Å². The molecule has 2 heterocycles. The summed E-state index contributed by atoms with van der Waals surface area (Å²) in [5.41, 5.74) is 0.979. The van der Waals surface area contributed by atoms with Crippen LogP contribution in [0.1, 0.15) is 0 Å². The predicted molar refractivity (Wildman–Crippen MR) is 120 cm³/mol. The van der Waals surface area contributed by atoms with Crippen LogP contribution in [0.25, 0.3) is 21.8 Å².